The first kappa shape index (κ1) is 19.5. The van der Waals surface area contributed by atoms with E-state index in [4.69, 9.17) is 11.6 Å². The Balaban J connectivity index is 1.73. The van der Waals surface area contributed by atoms with Crippen LogP contribution in [0.25, 0.3) is 0 Å². The summed E-state index contributed by atoms with van der Waals surface area (Å²) in [6.07, 6.45) is 2.99. The maximum atomic E-state index is 12.6. The molecule has 3 aromatic rings. The topological polar surface area (TPSA) is 101 Å². The van der Waals surface area contributed by atoms with Gasteiger partial charge in [0, 0.05) is 16.8 Å². The quantitative estimate of drug-likeness (QED) is 0.477. The molecule has 0 aliphatic heterocycles. The Bertz CT molecular complexity index is 1120. The highest BCUT2D eigenvalue weighted by atomic mass is 35.5. The Kier molecular flexibility index (Phi) is 6.03. The van der Waals surface area contributed by atoms with Gasteiger partial charge in [-0.2, -0.15) is 5.10 Å². The third-order valence-electron chi connectivity index (χ3n) is 3.53. The van der Waals surface area contributed by atoms with Crippen LogP contribution in [0.15, 0.2) is 82.9 Å². The first-order chi connectivity index (χ1) is 13.4. The Morgan fingerprint density at radius 2 is 1.86 bits per heavy atom. The largest absolute Gasteiger partial charge is 0.280 e. The smallest absolute Gasteiger partial charge is 0.271 e. The van der Waals surface area contributed by atoms with Gasteiger partial charge in [-0.1, -0.05) is 29.8 Å². The molecular formula is C19H15ClN4O3S. The number of carbonyl (C=O) groups is 1. The third kappa shape index (κ3) is 5.15. The Labute approximate surface area is 167 Å². The molecule has 1 heterocycles. The molecule has 1 aromatic heterocycles. The maximum Gasteiger partial charge on any atom is 0.271 e. The van der Waals surface area contributed by atoms with E-state index in [1.165, 1.54) is 36.5 Å². The van der Waals surface area contributed by atoms with Crippen molar-refractivity contribution in [3.8, 4) is 0 Å². The van der Waals surface area contributed by atoms with Gasteiger partial charge in [0.2, 0.25) is 0 Å². The number of hydrazone groups is 1. The van der Waals surface area contributed by atoms with E-state index < -0.39 is 15.9 Å². The van der Waals surface area contributed by atoms with Crippen molar-refractivity contribution < 1.29 is 13.2 Å². The second-order valence-electron chi connectivity index (χ2n) is 5.60. The van der Waals surface area contributed by atoms with E-state index in [1.54, 1.807) is 42.6 Å². The van der Waals surface area contributed by atoms with Gasteiger partial charge in [-0.05, 0) is 48.5 Å². The van der Waals surface area contributed by atoms with E-state index in [0.717, 1.165) is 0 Å². The molecule has 3 rings (SSSR count). The van der Waals surface area contributed by atoms with Gasteiger partial charge in [-0.15, -0.1) is 0 Å². The van der Waals surface area contributed by atoms with Gasteiger partial charge in [0.05, 0.1) is 22.5 Å². The Hall–Kier alpha value is -3.23. The number of rotatable bonds is 6. The van der Waals surface area contributed by atoms with Crippen molar-refractivity contribution in [3.63, 3.8) is 0 Å². The SMILES string of the molecule is O=C(N/N=C\c1ccccn1)c1cccc(S(=O)(=O)Nc2cccc(Cl)c2)c1. The van der Waals surface area contributed by atoms with E-state index in [0.29, 0.717) is 16.4 Å². The standard InChI is InChI=1S/C19H15ClN4O3S/c20-15-6-4-8-16(12-15)24-28(26,27)18-9-3-5-14(11-18)19(25)23-22-13-17-7-1-2-10-21-17/h1-13,24H,(H,23,25)/b22-13-. The normalized spacial score (nSPS) is 11.3. The van der Waals surface area contributed by atoms with E-state index >= 15 is 0 Å². The van der Waals surface area contributed by atoms with E-state index in [2.05, 4.69) is 20.2 Å². The first-order valence-corrected chi connectivity index (χ1v) is 9.93. The highest BCUT2D eigenvalue weighted by Crippen LogP contribution is 2.20. The zero-order valence-corrected chi connectivity index (χ0v) is 16.0. The lowest BCUT2D eigenvalue weighted by Crippen LogP contribution is -2.19. The summed E-state index contributed by atoms with van der Waals surface area (Å²) in [6.45, 7) is 0. The van der Waals surface area contributed by atoms with Crippen LogP contribution in [0.4, 0.5) is 5.69 Å². The summed E-state index contributed by atoms with van der Waals surface area (Å²) >= 11 is 5.87. The molecule has 0 bridgehead atoms. The second kappa shape index (κ2) is 8.64. The number of sulfonamides is 1. The Morgan fingerprint density at radius 3 is 2.61 bits per heavy atom. The van der Waals surface area contributed by atoms with Gasteiger partial charge in [0.25, 0.3) is 15.9 Å². The lowest BCUT2D eigenvalue weighted by atomic mass is 10.2. The van der Waals surface area contributed by atoms with Crippen LogP contribution in [-0.4, -0.2) is 25.5 Å². The number of anilines is 1. The van der Waals surface area contributed by atoms with Crippen LogP contribution in [0.5, 0.6) is 0 Å². The number of nitrogens with one attached hydrogen (secondary N) is 2. The molecule has 0 spiro atoms. The third-order valence-corrected chi connectivity index (χ3v) is 5.15. The lowest BCUT2D eigenvalue weighted by molar-refractivity contribution is 0.0955. The van der Waals surface area contributed by atoms with Crippen molar-refractivity contribution in [3.05, 3.63) is 89.2 Å². The molecule has 0 aliphatic rings. The predicted molar refractivity (Wildman–Crippen MR) is 108 cm³/mol. The summed E-state index contributed by atoms with van der Waals surface area (Å²) in [7, 11) is -3.89. The summed E-state index contributed by atoms with van der Waals surface area (Å²) < 4.78 is 27.6. The lowest BCUT2D eigenvalue weighted by Gasteiger charge is -2.09. The predicted octanol–water partition coefficient (Wildman–Crippen LogP) is 3.30. The highest BCUT2D eigenvalue weighted by molar-refractivity contribution is 7.92. The minimum Gasteiger partial charge on any atom is -0.280 e. The van der Waals surface area contributed by atoms with E-state index in [-0.39, 0.29) is 10.5 Å². The fourth-order valence-electron chi connectivity index (χ4n) is 2.24. The van der Waals surface area contributed by atoms with Gasteiger partial charge < -0.3 is 0 Å². The van der Waals surface area contributed by atoms with Crippen molar-refractivity contribution in [2.45, 2.75) is 4.90 Å². The number of nitrogens with zero attached hydrogens (tertiary/aromatic N) is 2. The fourth-order valence-corrected chi connectivity index (χ4v) is 3.53. The van der Waals surface area contributed by atoms with E-state index in [1.807, 2.05) is 0 Å². The van der Waals surface area contributed by atoms with Crippen molar-refractivity contribution in [2.24, 2.45) is 5.10 Å². The van der Waals surface area contributed by atoms with Crippen molar-refractivity contribution in [1.82, 2.24) is 10.4 Å². The van der Waals surface area contributed by atoms with Crippen LogP contribution in [0.3, 0.4) is 0 Å². The number of hydrogen-bond donors (Lipinski definition) is 2. The van der Waals surface area contributed by atoms with Crippen LogP contribution in [-0.2, 0) is 10.0 Å². The van der Waals surface area contributed by atoms with E-state index in [9.17, 15) is 13.2 Å². The molecule has 9 heteroatoms. The molecule has 2 N–H and O–H groups in total. The summed E-state index contributed by atoms with van der Waals surface area (Å²) in [5, 5.41) is 4.22. The average Bonchev–Trinajstić information content (AvgIpc) is 2.68. The number of carbonyl (C=O) groups excluding carboxylic acids is 1. The maximum absolute atomic E-state index is 12.6. The van der Waals surface area contributed by atoms with Gasteiger partial charge >= 0.3 is 0 Å². The molecular weight excluding hydrogens is 400 g/mol. The summed E-state index contributed by atoms with van der Waals surface area (Å²) in [4.78, 5) is 16.2. The number of hydrogen-bond acceptors (Lipinski definition) is 5. The minimum absolute atomic E-state index is 0.0613. The number of halogens is 1. The summed E-state index contributed by atoms with van der Waals surface area (Å²) in [5.41, 5.74) is 3.38. The molecule has 0 saturated carbocycles. The molecule has 0 saturated heterocycles. The second-order valence-corrected chi connectivity index (χ2v) is 7.72. The van der Waals surface area contributed by atoms with Crippen LogP contribution in [0.1, 0.15) is 16.1 Å². The van der Waals surface area contributed by atoms with Crippen molar-refractivity contribution in [2.75, 3.05) is 4.72 Å². The molecule has 0 atom stereocenters. The molecule has 1 amide bonds. The molecule has 142 valence electrons. The van der Waals surface area contributed by atoms with Gasteiger partial charge in [0.1, 0.15) is 0 Å². The summed E-state index contributed by atoms with van der Waals surface area (Å²) in [5.74, 6) is -0.549. The average molecular weight is 415 g/mol. The van der Waals surface area contributed by atoms with Gasteiger partial charge in [0.15, 0.2) is 0 Å². The number of amides is 1. The summed E-state index contributed by atoms with van der Waals surface area (Å²) in [6, 6.07) is 17.2. The molecule has 0 unspecified atom stereocenters. The number of aromatic nitrogens is 1. The monoisotopic (exact) mass is 414 g/mol. The van der Waals surface area contributed by atoms with Gasteiger partial charge in [-0.25, -0.2) is 13.8 Å². The molecule has 7 nitrogen and oxygen atoms in total. The molecule has 2 aromatic carbocycles. The van der Waals surface area contributed by atoms with Crippen LogP contribution in [0.2, 0.25) is 5.02 Å². The molecule has 0 aliphatic carbocycles. The van der Waals surface area contributed by atoms with Crippen molar-refractivity contribution in [1.29, 1.82) is 0 Å². The zero-order valence-electron chi connectivity index (χ0n) is 14.4. The zero-order chi connectivity index (χ0) is 20.0. The molecule has 28 heavy (non-hydrogen) atoms. The van der Waals surface area contributed by atoms with Crippen LogP contribution in [0, 0.1) is 0 Å². The van der Waals surface area contributed by atoms with Gasteiger partial charge in [-0.3, -0.25) is 14.5 Å². The fraction of sp³-hybridized carbons (Fsp3) is 0. The van der Waals surface area contributed by atoms with Crippen LogP contribution < -0.4 is 10.1 Å². The molecule has 0 radical (unpaired) electrons. The first-order valence-electron chi connectivity index (χ1n) is 8.07. The number of benzene rings is 2. The Morgan fingerprint density at radius 1 is 1.04 bits per heavy atom. The highest BCUT2D eigenvalue weighted by Gasteiger charge is 2.16. The minimum atomic E-state index is -3.89. The number of pyridine rings is 1. The molecule has 0 fully saturated rings. The van der Waals surface area contributed by atoms with Crippen molar-refractivity contribution >= 4 is 39.4 Å². The van der Waals surface area contributed by atoms with Crippen LogP contribution >= 0.6 is 11.6 Å².